The van der Waals surface area contributed by atoms with Gasteiger partial charge in [0.05, 0.1) is 17.9 Å². The molecule has 1 heterocycles. The molecule has 1 aromatic rings. The van der Waals surface area contributed by atoms with Gasteiger partial charge in [0.25, 0.3) is 0 Å². The number of primary amides is 1. The van der Waals surface area contributed by atoms with Gasteiger partial charge in [-0.05, 0) is 13.8 Å². The van der Waals surface area contributed by atoms with E-state index in [4.69, 9.17) is 11.5 Å². The number of carbonyl (C=O) groups excluding carboxylic acids is 1. The minimum atomic E-state index is -0.380. The Morgan fingerprint density at radius 2 is 2.20 bits per heavy atom. The van der Waals surface area contributed by atoms with Crippen molar-refractivity contribution in [3.63, 3.8) is 0 Å². The smallest absolute Gasteiger partial charge is 0.236 e. The number of nitrogen functional groups attached to an aromatic ring is 1. The summed E-state index contributed by atoms with van der Waals surface area (Å²) in [4.78, 5) is 12.7. The van der Waals surface area contributed by atoms with E-state index < -0.39 is 0 Å². The molecule has 0 aliphatic heterocycles. The van der Waals surface area contributed by atoms with Crippen LogP contribution < -0.4 is 16.4 Å². The number of hydrogen-bond donors (Lipinski definition) is 2. The maximum atomic E-state index is 10.9. The average molecular weight is 211 g/mol. The summed E-state index contributed by atoms with van der Waals surface area (Å²) in [6.45, 7) is 4.58. The Kier molecular flexibility index (Phi) is 3.18. The third kappa shape index (κ3) is 2.20. The van der Waals surface area contributed by atoms with E-state index in [-0.39, 0.29) is 12.5 Å². The summed E-state index contributed by atoms with van der Waals surface area (Å²) in [6, 6.07) is 0. The summed E-state index contributed by atoms with van der Waals surface area (Å²) in [5.74, 6) is 0.365. The van der Waals surface area contributed by atoms with Gasteiger partial charge in [-0.2, -0.15) is 5.10 Å². The Morgan fingerprint density at radius 3 is 2.53 bits per heavy atom. The van der Waals surface area contributed by atoms with Crippen LogP contribution >= 0.6 is 0 Å². The van der Waals surface area contributed by atoms with Crippen LogP contribution in [-0.4, -0.2) is 28.8 Å². The van der Waals surface area contributed by atoms with Gasteiger partial charge in [-0.25, -0.2) is 0 Å². The lowest BCUT2D eigenvalue weighted by molar-refractivity contribution is -0.116. The number of nitrogens with two attached hydrogens (primary N) is 2. The van der Waals surface area contributed by atoms with E-state index in [1.165, 1.54) is 0 Å². The second kappa shape index (κ2) is 4.20. The Balaban J connectivity index is 3.06. The minimum Gasteiger partial charge on any atom is -0.394 e. The van der Waals surface area contributed by atoms with Crippen molar-refractivity contribution in [3.8, 4) is 0 Å². The van der Waals surface area contributed by atoms with Crippen molar-refractivity contribution in [2.75, 3.05) is 23.7 Å². The summed E-state index contributed by atoms with van der Waals surface area (Å²) in [5.41, 5.74) is 12.4. The van der Waals surface area contributed by atoms with Crippen LogP contribution in [0, 0.1) is 6.92 Å². The highest BCUT2D eigenvalue weighted by molar-refractivity contribution is 5.81. The zero-order valence-electron chi connectivity index (χ0n) is 9.32. The molecule has 0 aliphatic carbocycles. The van der Waals surface area contributed by atoms with Crippen LogP contribution in [0.25, 0.3) is 0 Å². The zero-order valence-corrected chi connectivity index (χ0v) is 9.32. The SMILES string of the molecule is CCN(CC(N)=O)c1c(N)c(C)nn1C. The molecule has 1 amide bonds. The van der Waals surface area contributed by atoms with E-state index >= 15 is 0 Å². The lowest BCUT2D eigenvalue weighted by Gasteiger charge is -2.21. The number of hydrogen-bond acceptors (Lipinski definition) is 4. The third-order valence-corrected chi connectivity index (χ3v) is 2.27. The van der Waals surface area contributed by atoms with Gasteiger partial charge < -0.3 is 16.4 Å². The molecule has 0 atom stereocenters. The number of rotatable bonds is 4. The molecule has 1 aromatic heterocycles. The minimum absolute atomic E-state index is 0.152. The largest absolute Gasteiger partial charge is 0.394 e. The van der Waals surface area contributed by atoms with Crippen LogP contribution in [0.15, 0.2) is 0 Å². The van der Waals surface area contributed by atoms with Gasteiger partial charge in [-0.1, -0.05) is 0 Å². The molecule has 84 valence electrons. The number of aryl methyl sites for hydroxylation is 2. The highest BCUT2D eigenvalue weighted by Crippen LogP contribution is 2.24. The monoisotopic (exact) mass is 211 g/mol. The van der Waals surface area contributed by atoms with Crippen LogP contribution in [0.2, 0.25) is 0 Å². The van der Waals surface area contributed by atoms with Crippen LogP contribution in [0.5, 0.6) is 0 Å². The fourth-order valence-corrected chi connectivity index (χ4v) is 1.56. The second-order valence-electron chi connectivity index (χ2n) is 3.43. The molecule has 0 radical (unpaired) electrons. The lowest BCUT2D eigenvalue weighted by Crippen LogP contribution is -2.35. The molecule has 0 saturated heterocycles. The second-order valence-corrected chi connectivity index (χ2v) is 3.43. The molecular weight excluding hydrogens is 194 g/mol. The van der Waals surface area contributed by atoms with Gasteiger partial charge in [0.2, 0.25) is 5.91 Å². The number of likely N-dealkylation sites (N-methyl/N-ethyl adjacent to an activating group) is 1. The Labute approximate surface area is 88.8 Å². The van der Waals surface area contributed by atoms with Crippen molar-refractivity contribution in [2.45, 2.75) is 13.8 Å². The highest BCUT2D eigenvalue weighted by Gasteiger charge is 2.17. The maximum absolute atomic E-state index is 10.9. The fraction of sp³-hybridized carbons (Fsp3) is 0.556. The number of amides is 1. The van der Waals surface area contributed by atoms with Crippen LogP contribution in [0.1, 0.15) is 12.6 Å². The molecule has 6 heteroatoms. The number of anilines is 2. The first kappa shape index (κ1) is 11.4. The molecule has 0 spiro atoms. The summed E-state index contributed by atoms with van der Waals surface area (Å²) in [6.07, 6.45) is 0. The zero-order chi connectivity index (χ0) is 11.6. The predicted molar refractivity (Wildman–Crippen MR) is 59.4 cm³/mol. The van der Waals surface area contributed by atoms with Crippen LogP contribution in [-0.2, 0) is 11.8 Å². The number of carbonyl (C=O) groups is 1. The van der Waals surface area contributed by atoms with Crippen molar-refractivity contribution < 1.29 is 4.79 Å². The van der Waals surface area contributed by atoms with Crippen molar-refractivity contribution in [1.29, 1.82) is 0 Å². The van der Waals surface area contributed by atoms with Gasteiger partial charge in [-0.3, -0.25) is 9.48 Å². The molecule has 0 aromatic carbocycles. The molecule has 0 fully saturated rings. The first-order valence-electron chi connectivity index (χ1n) is 4.79. The number of aromatic nitrogens is 2. The normalized spacial score (nSPS) is 10.3. The first-order chi connectivity index (χ1) is 6.97. The summed E-state index contributed by atoms with van der Waals surface area (Å²) >= 11 is 0. The van der Waals surface area contributed by atoms with Crippen molar-refractivity contribution in [3.05, 3.63) is 5.69 Å². The van der Waals surface area contributed by atoms with Crippen molar-refractivity contribution >= 4 is 17.4 Å². The first-order valence-corrected chi connectivity index (χ1v) is 4.79. The van der Waals surface area contributed by atoms with E-state index in [2.05, 4.69) is 5.10 Å². The topological polar surface area (TPSA) is 90.2 Å². The summed E-state index contributed by atoms with van der Waals surface area (Å²) < 4.78 is 1.66. The van der Waals surface area contributed by atoms with Gasteiger partial charge in [-0.15, -0.1) is 0 Å². The molecule has 0 aliphatic rings. The van der Waals surface area contributed by atoms with Gasteiger partial charge >= 0.3 is 0 Å². The average Bonchev–Trinajstić information content (AvgIpc) is 2.38. The molecule has 0 saturated carbocycles. The van der Waals surface area contributed by atoms with E-state index in [0.717, 1.165) is 11.5 Å². The molecule has 4 N–H and O–H groups in total. The van der Waals surface area contributed by atoms with Crippen LogP contribution in [0.3, 0.4) is 0 Å². The summed E-state index contributed by atoms with van der Waals surface area (Å²) in [5, 5.41) is 4.18. The Bertz CT molecular complexity index is 371. The van der Waals surface area contributed by atoms with Crippen molar-refractivity contribution in [1.82, 2.24) is 9.78 Å². The molecule has 15 heavy (non-hydrogen) atoms. The van der Waals surface area contributed by atoms with E-state index in [1.807, 2.05) is 13.8 Å². The third-order valence-electron chi connectivity index (χ3n) is 2.27. The van der Waals surface area contributed by atoms with E-state index in [9.17, 15) is 4.79 Å². The van der Waals surface area contributed by atoms with Crippen LogP contribution in [0.4, 0.5) is 11.5 Å². The Morgan fingerprint density at radius 1 is 1.60 bits per heavy atom. The van der Waals surface area contributed by atoms with E-state index in [1.54, 1.807) is 16.6 Å². The van der Waals surface area contributed by atoms with E-state index in [0.29, 0.717) is 12.2 Å². The lowest BCUT2D eigenvalue weighted by atomic mass is 10.3. The number of nitrogens with zero attached hydrogens (tertiary/aromatic N) is 3. The molecule has 1 rings (SSSR count). The van der Waals surface area contributed by atoms with Gasteiger partial charge in [0.15, 0.2) is 5.82 Å². The molecule has 6 nitrogen and oxygen atoms in total. The van der Waals surface area contributed by atoms with Gasteiger partial charge in [0, 0.05) is 13.6 Å². The predicted octanol–water partition coefficient (Wildman–Crippen LogP) is -0.378. The Hall–Kier alpha value is -1.72. The maximum Gasteiger partial charge on any atom is 0.236 e. The molecule has 0 bridgehead atoms. The fourth-order valence-electron chi connectivity index (χ4n) is 1.56. The molecule has 0 unspecified atom stereocenters. The quantitative estimate of drug-likeness (QED) is 0.710. The highest BCUT2D eigenvalue weighted by atomic mass is 16.1. The standard InChI is InChI=1S/C9H17N5O/c1-4-14(5-7(10)15)9-8(11)6(2)12-13(9)3/h4-5,11H2,1-3H3,(H2,10,15). The summed E-state index contributed by atoms with van der Waals surface area (Å²) in [7, 11) is 1.79. The van der Waals surface area contributed by atoms with Gasteiger partial charge in [0.1, 0.15) is 0 Å². The molecular formula is C9H17N5O. The van der Waals surface area contributed by atoms with Crippen molar-refractivity contribution in [2.24, 2.45) is 12.8 Å².